The van der Waals surface area contributed by atoms with Crippen molar-refractivity contribution in [1.82, 2.24) is 5.32 Å². The quantitative estimate of drug-likeness (QED) is 0.375. The second-order valence-electron chi connectivity index (χ2n) is 4.23. The van der Waals surface area contributed by atoms with Crippen molar-refractivity contribution < 1.29 is 34.8 Å². The Morgan fingerprint density at radius 2 is 1.67 bits per heavy atom. The average molecular weight is 298 g/mol. The first-order valence-corrected chi connectivity index (χ1v) is 5.79. The molecule has 0 aromatic heterocycles. The molecular formula is C12H14N2O7. The Kier molecular flexibility index (Phi) is 4.95. The van der Waals surface area contributed by atoms with Gasteiger partial charge < -0.3 is 31.5 Å². The molecule has 0 bridgehead atoms. The van der Waals surface area contributed by atoms with Gasteiger partial charge in [0.2, 0.25) is 5.91 Å². The molecule has 2 amide bonds. The fourth-order valence-electron chi connectivity index (χ4n) is 1.52. The van der Waals surface area contributed by atoms with Gasteiger partial charge in [0.05, 0.1) is 0 Å². The van der Waals surface area contributed by atoms with Crippen molar-refractivity contribution in [2.45, 2.75) is 18.9 Å². The number of amides is 2. The van der Waals surface area contributed by atoms with Gasteiger partial charge in [0, 0.05) is 12.0 Å². The van der Waals surface area contributed by atoms with Gasteiger partial charge in [0.1, 0.15) is 6.04 Å². The SMILES string of the molecule is NC(=O)CC[C@H](NC(=O)c1cc(O)c(O)c(O)c1)C(=O)O. The van der Waals surface area contributed by atoms with E-state index in [0.29, 0.717) is 0 Å². The number of phenols is 3. The van der Waals surface area contributed by atoms with Gasteiger partial charge in [-0.15, -0.1) is 0 Å². The predicted octanol–water partition coefficient (Wildman–Crippen LogP) is -0.748. The van der Waals surface area contributed by atoms with Gasteiger partial charge in [-0.1, -0.05) is 0 Å². The van der Waals surface area contributed by atoms with Crippen LogP contribution in [0.3, 0.4) is 0 Å². The molecule has 21 heavy (non-hydrogen) atoms. The number of primary amides is 1. The number of nitrogens with two attached hydrogens (primary N) is 1. The van der Waals surface area contributed by atoms with Gasteiger partial charge in [-0.05, 0) is 18.6 Å². The lowest BCUT2D eigenvalue weighted by Gasteiger charge is -2.14. The minimum absolute atomic E-state index is 0.202. The monoisotopic (exact) mass is 298 g/mol. The molecule has 1 atom stereocenters. The summed E-state index contributed by atoms with van der Waals surface area (Å²) in [6.07, 6.45) is -0.435. The summed E-state index contributed by atoms with van der Waals surface area (Å²) in [4.78, 5) is 33.4. The maximum atomic E-state index is 11.8. The number of nitrogens with one attached hydrogen (secondary N) is 1. The normalized spacial score (nSPS) is 11.6. The van der Waals surface area contributed by atoms with Gasteiger partial charge >= 0.3 is 5.97 Å². The molecule has 0 fully saturated rings. The number of aromatic hydroxyl groups is 3. The fraction of sp³-hybridized carbons (Fsp3) is 0.250. The van der Waals surface area contributed by atoms with Crippen LogP contribution in [0.15, 0.2) is 12.1 Å². The van der Waals surface area contributed by atoms with Crippen molar-refractivity contribution >= 4 is 17.8 Å². The molecule has 1 aromatic rings. The number of benzene rings is 1. The van der Waals surface area contributed by atoms with Crippen molar-refractivity contribution in [3.63, 3.8) is 0 Å². The van der Waals surface area contributed by atoms with Crippen LogP contribution in [0.5, 0.6) is 17.2 Å². The molecule has 0 spiro atoms. The molecule has 0 saturated carbocycles. The van der Waals surface area contributed by atoms with Crippen LogP contribution in [0.1, 0.15) is 23.2 Å². The number of carbonyl (C=O) groups excluding carboxylic acids is 2. The Labute approximate surface area is 118 Å². The highest BCUT2D eigenvalue weighted by Gasteiger charge is 2.22. The Morgan fingerprint density at radius 1 is 1.14 bits per heavy atom. The molecule has 9 heteroatoms. The smallest absolute Gasteiger partial charge is 0.326 e. The highest BCUT2D eigenvalue weighted by Crippen LogP contribution is 2.35. The highest BCUT2D eigenvalue weighted by molar-refractivity contribution is 5.97. The van der Waals surface area contributed by atoms with Crippen LogP contribution in [0, 0.1) is 0 Å². The van der Waals surface area contributed by atoms with Crippen LogP contribution in [-0.4, -0.2) is 44.3 Å². The molecule has 0 saturated heterocycles. The van der Waals surface area contributed by atoms with E-state index in [4.69, 9.17) is 15.9 Å². The lowest BCUT2D eigenvalue weighted by molar-refractivity contribution is -0.139. The molecule has 1 rings (SSSR count). The van der Waals surface area contributed by atoms with Crippen molar-refractivity contribution in [3.8, 4) is 17.2 Å². The Balaban J connectivity index is 2.87. The molecule has 0 aliphatic rings. The van der Waals surface area contributed by atoms with Crippen LogP contribution in [0.2, 0.25) is 0 Å². The first kappa shape index (κ1) is 16.1. The van der Waals surface area contributed by atoms with Crippen molar-refractivity contribution in [2.75, 3.05) is 0 Å². The molecule has 0 heterocycles. The first-order valence-electron chi connectivity index (χ1n) is 5.79. The maximum absolute atomic E-state index is 11.8. The molecule has 114 valence electrons. The molecule has 0 aliphatic heterocycles. The van der Waals surface area contributed by atoms with Crippen molar-refractivity contribution in [1.29, 1.82) is 0 Å². The lowest BCUT2D eigenvalue weighted by Crippen LogP contribution is -2.41. The zero-order valence-corrected chi connectivity index (χ0v) is 10.7. The molecule has 0 unspecified atom stereocenters. The molecular weight excluding hydrogens is 284 g/mol. The largest absolute Gasteiger partial charge is 0.504 e. The lowest BCUT2D eigenvalue weighted by atomic mass is 10.1. The van der Waals surface area contributed by atoms with Crippen LogP contribution in [0.4, 0.5) is 0 Å². The minimum atomic E-state index is -1.36. The van der Waals surface area contributed by atoms with E-state index in [9.17, 15) is 24.6 Å². The van der Waals surface area contributed by atoms with E-state index in [0.717, 1.165) is 12.1 Å². The summed E-state index contributed by atoms with van der Waals surface area (Å²) in [7, 11) is 0. The van der Waals surface area contributed by atoms with E-state index in [-0.39, 0.29) is 18.4 Å². The van der Waals surface area contributed by atoms with E-state index in [2.05, 4.69) is 5.32 Å². The first-order chi connectivity index (χ1) is 9.72. The number of carboxylic acids is 1. The number of rotatable bonds is 6. The number of hydrogen-bond donors (Lipinski definition) is 6. The van der Waals surface area contributed by atoms with Gasteiger partial charge in [0.25, 0.3) is 5.91 Å². The van der Waals surface area contributed by atoms with Crippen LogP contribution in [0.25, 0.3) is 0 Å². The number of carboxylic acid groups (broad SMARTS) is 1. The summed E-state index contributed by atoms with van der Waals surface area (Å²) in [5, 5.41) is 38.8. The predicted molar refractivity (Wildman–Crippen MR) is 68.8 cm³/mol. The second-order valence-corrected chi connectivity index (χ2v) is 4.23. The summed E-state index contributed by atoms with van der Waals surface area (Å²) in [5.41, 5.74) is 4.64. The summed E-state index contributed by atoms with van der Waals surface area (Å²) >= 11 is 0. The minimum Gasteiger partial charge on any atom is -0.504 e. The van der Waals surface area contributed by atoms with Crippen LogP contribution >= 0.6 is 0 Å². The number of hydrogen-bond acceptors (Lipinski definition) is 6. The fourth-order valence-corrected chi connectivity index (χ4v) is 1.52. The second kappa shape index (κ2) is 6.46. The van der Waals surface area contributed by atoms with Crippen molar-refractivity contribution in [3.05, 3.63) is 17.7 Å². The third-order valence-corrected chi connectivity index (χ3v) is 2.61. The van der Waals surface area contributed by atoms with E-state index in [1.54, 1.807) is 0 Å². The van der Waals surface area contributed by atoms with E-state index >= 15 is 0 Å². The van der Waals surface area contributed by atoms with Gasteiger partial charge in [0.15, 0.2) is 17.2 Å². The Hall–Kier alpha value is -2.97. The third-order valence-electron chi connectivity index (χ3n) is 2.61. The zero-order chi connectivity index (χ0) is 16.2. The summed E-state index contributed by atoms with van der Waals surface area (Å²) in [6.45, 7) is 0. The number of carbonyl (C=O) groups is 3. The molecule has 9 nitrogen and oxygen atoms in total. The van der Waals surface area contributed by atoms with Crippen LogP contribution in [-0.2, 0) is 9.59 Å². The Bertz CT molecular complexity index is 562. The molecule has 0 radical (unpaired) electrons. The topological polar surface area (TPSA) is 170 Å². The third kappa shape index (κ3) is 4.27. The van der Waals surface area contributed by atoms with Gasteiger partial charge in [-0.25, -0.2) is 4.79 Å². The summed E-state index contributed by atoms with van der Waals surface area (Å²) < 4.78 is 0. The summed E-state index contributed by atoms with van der Waals surface area (Å²) in [6, 6.07) is 0.359. The Morgan fingerprint density at radius 3 is 2.10 bits per heavy atom. The zero-order valence-electron chi connectivity index (χ0n) is 10.7. The van der Waals surface area contributed by atoms with Gasteiger partial charge in [-0.2, -0.15) is 0 Å². The maximum Gasteiger partial charge on any atom is 0.326 e. The number of phenolic OH excluding ortho intramolecular Hbond substituents is 3. The van der Waals surface area contributed by atoms with Crippen LogP contribution < -0.4 is 11.1 Å². The highest BCUT2D eigenvalue weighted by atomic mass is 16.4. The summed E-state index contributed by atoms with van der Waals surface area (Å²) in [5.74, 6) is -5.24. The van der Waals surface area contributed by atoms with Gasteiger partial charge in [-0.3, -0.25) is 9.59 Å². The molecule has 0 aliphatic carbocycles. The number of aliphatic carboxylic acids is 1. The van der Waals surface area contributed by atoms with E-state index < -0.39 is 41.1 Å². The molecule has 7 N–H and O–H groups in total. The average Bonchev–Trinajstić information content (AvgIpc) is 2.39. The van der Waals surface area contributed by atoms with E-state index in [1.807, 2.05) is 0 Å². The standard InChI is InChI=1S/C12H14N2O7/c13-9(17)2-1-6(12(20)21)14-11(19)5-3-7(15)10(18)8(16)4-5/h3-4,6,15-16,18H,1-2H2,(H2,13,17)(H,14,19)(H,20,21)/t6-/m0/s1. The molecule has 1 aromatic carbocycles. The van der Waals surface area contributed by atoms with Crippen molar-refractivity contribution in [2.24, 2.45) is 5.73 Å². The van der Waals surface area contributed by atoms with E-state index in [1.165, 1.54) is 0 Å².